The van der Waals surface area contributed by atoms with Crippen LogP contribution in [0.25, 0.3) is 21.3 Å². The Morgan fingerprint density at radius 2 is 1.57 bits per heavy atom. The number of piperidine rings is 1. The molecule has 1 unspecified atom stereocenters. The van der Waals surface area contributed by atoms with Crippen LogP contribution in [-0.2, 0) is 27.3 Å². The van der Waals surface area contributed by atoms with E-state index < -0.39 is 41.5 Å². The lowest BCUT2D eigenvalue weighted by Gasteiger charge is -2.36. The zero-order valence-electron chi connectivity index (χ0n) is 41.8. The van der Waals surface area contributed by atoms with Crippen molar-refractivity contribution in [2.24, 2.45) is 5.92 Å². The maximum Gasteiger partial charge on any atom is 0.355 e. The van der Waals surface area contributed by atoms with Crippen molar-refractivity contribution in [1.29, 1.82) is 0 Å². The number of aromatic nitrogens is 2. The SMILES string of the molecule is Cc1c(OC2CCC(CCCC(=O)N3CCN(c4cc5c(cc4F)C(=O)N(C4CCC(=O)NC4=O)C5=O)CC3)CC2)cccc1-c1ccc(N2CCc3cccc(C(=O)Nc4nc5ccccc5s4)c3C2)nc1C(=O)O. The number of thiazole rings is 1. The van der Waals surface area contributed by atoms with Gasteiger partial charge in [-0.05, 0) is 135 Å². The minimum absolute atomic E-state index is 0.00384. The van der Waals surface area contributed by atoms with Crippen LogP contribution in [0.4, 0.5) is 21.0 Å². The minimum atomic E-state index is -1.15. The first kappa shape index (κ1) is 50.1. The molecule has 5 aliphatic rings. The molecule has 390 valence electrons. The largest absolute Gasteiger partial charge is 0.490 e. The molecule has 3 fully saturated rings. The highest BCUT2D eigenvalue weighted by atomic mass is 32.1. The molecule has 2 aromatic heterocycles. The normalized spacial score (nSPS) is 19.6. The van der Waals surface area contributed by atoms with Crippen LogP contribution in [0.3, 0.4) is 0 Å². The highest BCUT2D eigenvalue weighted by Crippen LogP contribution is 2.38. The van der Waals surface area contributed by atoms with Gasteiger partial charge in [0.2, 0.25) is 17.7 Å². The highest BCUT2D eigenvalue weighted by molar-refractivity contribution is 7.22. The fourth-order valence-corrected chi connectivity index (χ4v) is 12.3. The maximum atomic E-state index is 15.5. The first-order valence-corrected chi connectivity index (χ1v) is 26.7. The lowest BCUT2D eigenvalue weighted by molar-refractivity contribution is -0.136. The third-order valence-corrected chi connectivity index (χ3v) is 16.5. The van der Waals surface area contributed by atoms with Gasteiger partial charge in [-0.25, -0.2) is 19.2 Å². The molecular formula is C57H55FN8O9S. The van der Waals surface area contributed by atoms with Crippen LogP contribution < -0.4 is 25.2 Å². The summed E-state index contributed by atoms with van der Waals surface area (Å²) in [5.41, 5.74) is 5.27. The Morgan fingerprint density at radius 1 is 0.803 bits per heavy atom. The number of rotatable bonds is 13. The summed E-state index contributed by atoms with van der Waals surface area (Å²) in [7, 11) is 0. The highest BCUT2D eigenvalue weighted by Gasteiger charge is 2.45. The van der Waals surface area contributed by atoms with Crippen LogP contribution in [0.2, 0.25) is 0 Å². The molecule has 4 aromatic carbocycles. The van der Waals surface area contributed by atoms with E-state index in [-0.39, 0.29) is 53.3 Å². The van der Waals surface area contributed by atoms with Crippen LogP contribution in [0.15, 0.2) is 84.9 Å². The second kappa shape index (κ2) is 20.9. The number of halogens is 1. The average molecular weight is 1050 g/mol. The number of nitrogens with zero attached hydrogens (tertiary/aromatic N) is 6. The Labute approximate surface area is 441 Å². The van der Waals surface area contributed by atoms with Crippen molar-refractivity contribution in [3.63, 3.8) is 0 Å². The topological polar surface area (TPSA) is 212 Å². The van der Waals surface area contributed by atoms with Crippen LogP contribution >= 0.6 is 11.3 Å². The van der Waals surface area contributed by atoms with Gasteiger partial charge in [-0.2, -0.15) is 0 Å². The summed E-state index contributed by atoms with van der Waals surface area (Å²) in [6.07, 6.45) is 6.26. The molecule has 0 spiro atoms. The van der Waals surface area contributed by atoms with Crippen LogP contribution in [0.5, 0.6) is 5.75 Å². The molecule has 2 saturated heterocycles. The zero-order chi connectivity index (χ0) is 52.8. The van der Waals surface area contributed by atoms with E-state index in [1.807, 2.05) is 78.6 Å². The van der Waals surface area contributed by atoms with E-state index in [1.165, 1.54) is 17.4 Å². The molecule has 1 saturated carbocycles. The summed E-state index contributed by atoms with van der Waals surface area (Å²) >= 11 is 1.42. The summed E-state index contributed by atoms with van der Waals surface area (Å²) in [5, 5.41) is 16.2. The van der Waals surface area contributed by atoms with Crippen molar-refractivity contribution in [2.45, 2.75) is 89.8 Å². The summed E-state index contributed by atoms with van der Waals surface area (Å²) in [6, 6.07) is 24.0. The van der Waals surface area contributed by atoms with Crippen molar-refractivity contribution >= 4 is 79.6 Å². The third kappa shape index (κ3) is 9.86. The van der Waals surface area contributed by atoms with Gasteiger partial charge in [0.15, 0.2) is 10.8 Å². The Kier molecular flexibility index (Phi) is 13.8. The zero-order valence-corrected chi connectivity index (χ0v) is 42.6. The van der Waals surface area contributed by atoms with Crippen LogP contribution in [0.1, 0.15) is 116 Å². The molecule has 6 amide bonds. The number of nitrogens with one attached hydrogen (secondary N) is 2. The molecule has 19 heteroatoms. The molecule has 0 bridgehead atoms. The quantitative estimate of drug-likeness (QED) is 0.0933. The van der Waals surface area contributed by atoms with Gasteiger partial charge in [-0.3, -0.25) is 44.3 Å². The average Bonchev–Trinajstić information content (AvgIpc) is 3.95. The summed E-state index contributed by atoms with van der Waals surface area (Å²) in [6.45, 7) is 4.34. The van der Waals surface area contributed by atoms with Crippen molar-refractivity contribution in [3.8, 4) is 16.9 Å². The number of carbonyl (C=O) groups is 7. The number of fused-ring (bicyclic) bond motifs is 3. The number of benzene rings is 4. The van der Waals surface area contributed by atoms with Gasteiger partial charge in [-0.15, -0.1) is 0 Å². The van der Waals surface area contributed by atoms with E-state index in [2.05, 4.69) is 15.6 Å². The number of aromatic carboxylic acids is 1. The number of ether oxygens (including phenoxy) is 1. The predicted molar refractivity (Wildman–Crippen MR) is 282 cm³/mol. The number of amides is 6. The number of carboxylic acids is 1. The van der Waals surface area contributed by atoms with E-state index in [4.69, 9.17) is 9.72 Å². The monoisotopic (exact) mass is 1050 g/mol. The maximum absolute atomic E-state index is 15.5. The Hall–Kier alpha value is -8.06. The third-order valence-electron chi connectivity index (χ3n) is 15.6. The lowest BCUT2D eigenvalue weighted by atomic mass is 9.84. The predicted octanol–water partition coefficient (Wildman–Crippen LogP) is 8.18. The van der Waals surface area contributed by atoms with E-state index >= 15 is 4.39 Å². The number of imide groups is 2. The molecule has 1 atom stereocenters. The summed E-state index contributed by atoms with van der Waals surface area (Å²) in [5.74, 6) is -3.08. The number of hydrogen-bond acceptors (Lipinski definition) is 13. The molecule has 4 aliphatic heterocycles. The van der Waals surface area contributed by atoms with E-state index in [0.29, 0.717) is 85.9 Å². The van der Waals surface area contributed by atoms with E-state index in [0.717, 1.165) is 82.0 Å². The van der Waals surface area contributed by atoms with Crippen molar-refractivity contribution in [1.82, 2.24) is 25.1 Å². The molecule has 6 heterocycles. The summed E-state index contributed by atoms with van der Waals surface area (Å²) < 4.78 is 23.1. The number of carbonyl (C=O) groups excluding carboxylic acids is 6. The summed E-state index contributed by atoms with van der Waals surface area (Å²) in [4.78, 5) is 106. The fourth-order valence-electron chi connectivity index (χ4n) is 11.5. The van der Waals surface area contributed by atoms with Crippen molar-refractivity contribution in [3.05, 3.63) is 130 Å². The van der Waals surface area contributed by atoms with Crippen LogP contribution in [-0.4, -0.2) is 111 Å². The molecule has 11 rings (SSSR count). The van der Waals surface area contributed by atoms with E-state index in [1.54, 1.807) is 15.9 Å². The second-order valence-corrected chi connectivity index (χ2v) is 21.2. The fraction of sp³-hybridized carbons (Fsp3) is 0.351. The number of piperazine rings is 1. The van der Waals surface area contributed by atoms with Gasteiger partial charge in [0.05, 0.1) is 33.1 Å². The van der Waals surface area contributed by atoms with Crippen molar-refractivity contribution in [2.75, 3.05) is 47.8 Å². The molecule has 17 nitrogen and oxygen atoms in total. The van der Waals surface area contributed by atoms with Gasteiger partial charge >= 0.3 is 5.97 Å². The Balaban J connectivity index is 0.656. The molecule has 6 aromatic rings. The first-order valence-electron chi connectivity index (χ1n) is 25.9. The number of hydrogen-bond donors (Lipinski definition) is 3. The molecular weight excluding hydrogens is 992 g/mol. The number of anilines is 3. The Morgan fingerprint density at radius 3 is 2.33 bits per heavy atom. The second-order valence-electron chi connectivity index (χ2n) is 20.2. The van der Waals surface area contributed by atoms with Crippen molar-refractivity contribution < 1.29 is 47.8 Å². The van der Waals surface area contributed by atoms with Crippen LogP contribution in [0, 0.1) is 18.7 Å². The number of pyridine rings is 1. The molecule has 3 N–H and O–H groups in total. The minimum Gasteiger partial charge on any atom is -0.490 e. The standard InChI is InChI=1S/C57H55FN8O9S/c1-32-36(37-19-21-48(60-51(37)56(73)74)65-24-23-34-8-5-10-38(41(34)31-65)52(69)62-57-59-43-11-2-3-13-47(43)76-57)9-6-12-46(32)75-35-17-15-33(16-18-35)7-4-14-50(68)64-27-25-63(26-28-64)45-30-40-39(29-42(45)58)54(71)66(55(40)72)44-20-22-49(67)61-53(44)70/h2-3,5-6,8-13,19,21,29-30,33,35,44H,4,7,14-18,20,22-28,31H2,1H3,(H,73,74)(H,59,62,69)(H,61,67,70). The van der Waals surface area contributed by atoms with E-state index in [9.17, 15) is 38.7 Å². The van der Waals surface area contributed by atoms with Gasteiger partial charge < -0.3 is 24.5 Å². The molecule has 0 radical (unpaired) electrons. The lowest BCUT2D eigenvalue weighted by Crippen LogP contribution is -2.54. The Bertz CT molecular complexity index is 3330. The molecule has 76 heavy (non-hydrogen) atoms. The van der Waals surface area contributed by atoms with Gasteiger partial charge in [-0.1, -0.05) is 47.7 Å². The molecule has 1 aliphatic carbocycles. The number of para-hydroxylation sites is 1. The smallest absolute Gasteiger partial charge is 0.355 e. The van der Waals surface area contributed by atoms with Gasteiger partial charge in [0.1, 0.15) is 23.4 Å². The number of carboxylic acid groups (broad SMARTS) is 1. The first-order chi connectivity index (χ1) is 36.8. The van der Waals surface area contributed by atoms with Gasteiger partial charge in [0, 0.05) is 63.2 Å². The van der Waals surface area contributed by atoms with Gasteiger partial charge in [0.25, 0.3) is 17.7 Å².